The van der Waals surface area contributed by atoms with Crippen LogP contribution in [0.15, 0.2) is 24.3 Å². The summed E-state index contributed by atoms with van der Waals surface area (Å²) in [5.74, 6) is 0.963. The van der Waals surface area contributed by atoms with Crippen LogP contribution < -0.4 is 0 Å². The second-order valence-corrected chi connectivity index (χ2v) is 5.14. The summed E-state index contributed by atoms with van der Waals surface area (Å²) in [4.78, 5) is 12.0. The summed E-state index contributed by atoms with van der Waals surface area (Å²) in [5.41, 5.74) is 2.07. The minimum absolute atomic E-state index is 0.104. The fourth-order valence-electron chi connectivity index (χ4n) is 1.97. The summed E-state index contributed by atoms with van der Waals surface area (Å²) >= 11 is 1.07. The zero-order valence-electron chi connectivity index (χ0n) is 8.52. The van der Waals surface area contributed by atoms with Crippen molar-refractivity contribution in [3.05, 3.63) is 35.4 Å². The van der Waals surface area contributed by atoms with Crippen molar-refractivity contribution in [3.8, 4) is 0 Å². The van der Waals surface area contributed by atoms with Gasteiger partial charge in [0.2, 0.25) is 5.78 Å². The van der Waals surface area contributed by atoms with Crippen molar-refractivity contribution < 1.29 is 9.90 Å². The Morgan fingerprint density at radius 1 is 1.40 bits per heavy atom. The van der Waals surface area contributed by atoms with Crippen LogP contribution in [0.3, 0.4) is 0 Å². The molecule has 0 fully saturated rings. The van der Waals surface area contributed by atoms with E-state index in [2.05, 4.69) is 0 Å². The van der Waals surface area contributed by atoms with Gasteiger partial charge in [-0.2, -0.15) is 0 Å². The third-order valence-electron chi connectivity index (χ3n) is 2.72. The van der Waals surface area contributed by atoms with E-state index in [1.807, 2.05) is 24.3 Å². The zero-order valence-corrected chi connectivity index (χ0v) is 9.41. The van der Waals surface area contributed by atoms with Crippen LogP contribution >= 0.6 is 0 Å². The number of thiol groups is 1. The highest BCUT2D eigenvalue weighted by molar-refractivity contribution is 7.80. The van der Waals surface area contributed by atoms with E-state index in [1.54, 1.807) is 0 Å². The number of ketones is 1. The molecule has 1 aliphatic rings. The fourth-order valence-corrected chi connectivity index (χ4v) is 3.01. The summed E-state index contributed by atoms with van der Waals surface area (Å²) in [6.45, 7) is 0.174. The van der Waals surface area contributed by atoms with Gasteiger partial charge in [-0.15, -0.1) is 0 Å². The molecule has 1 aliphatic carbocycles. The number of Topliss-reactive ketones (excluding diaryl/α,β-unsaturated/α-hetero) is 1. The van der Waals surface area contributed by atoms with E-state index in [0.29, 0.717) is 5.75 Å². The first-order valence-corrected chi connectivity index (χ1v) is 6.37. The molecule has 0 aromatic heterocycles. The molecule has 1 aromatic carbocycles. The van der Waals surface area contributed by atoms with Gasteiger partial charge in [0, 0.05) is 12.0 Å². The molecule has 0 bridgehead atoms. The van der Waals surface area contributed by atoms with Crippen LogP contribution in [0, 0.1) is 0 Å². The number of aliphatic hydroxyl groups excluding tert-OH is 1. The van der Waals surface area contributed by atoms with E-state index in [0.717, 1.165) is 30.2 Å². The lowest BCUT2D eigenvalue weighted by molar-refractivity contribution is 0.0979. The molecule has 0 saturated heterocycles. The molecular weight excluding hydrogens is 208 g/mol. The number of carbonyl (C=O) groups is 1. The van der Waals surface area contributed by atoms with Crippen molar-refractivity contribution in [3.63, 3.8) is 0 Å². The number of benzene rings is 1. The first-order valence-electron chi connectivity index (χ1n) is 5.22. The Kier molecular flexibility index (Phi) is 3.44. The Balaban J connectivity index is 2.15. The molecule has 15 heavy (non-hydrogen) atoms. The normalized spacial score (nSPS) is 20.1. The van der Waals surface area contributed by atoms with Crippen molar-refractivity contribution in [2.24, 2.45) is 0 Å². The second kappa shape index (κ2) is 4.81. The Morgan fingerprint density at radius 2 is 2.20 bits per heavy atom. The third kappa shape index (κ3) is 2.24. The number of rotatable bonds is 3. The highest BCUT2D eigenvalue weighted by atomic mass is 32.2. The molecule has 0 spiro atoms. The van der Waals surface area contributed by atoms with Gasteiger partial charge in [-0.3, -0.25) is 4.79 Å². The lowest BCUT2D eigenvalue weighted by Crippen LogP contribution is -2.30. The maximum absolute atomic E-state index is 12.0. The van der Waals surface area contributed by atoms with Gasteiger partial charge in [0.1, 0.15) is 5.75 Å². The molecule has 0 heterocycles. The molecule has 0 aliphatic heterocycles. The zero-order chi connectivity index (χ0) is 10.7. The lowest BCUT2D eigenvalue weighted by atomic mass is 9.90. The smallest absolute Gasteiger partial charge is 0.215 e. The Bertz CT molecular complexity index is 362. The van der Waals surface area contributed by atoms with Gasteiger partial charge < -0.3 is 5.11 Å². The predicted octanol–water partition coefficient (Wildman–Crippen LogP) is 0.991. The second-order valence-electron chi connectivity index (χ2n) is 3.71. The summed E-state index contributed by atoms with van der Waals surface area (Å²) < 4.78 is 0. The third-order valence-corrected chi connectivity index (χ3v) is 4.11. The lowest BCUT2D eigenvalue weighted by Gasteiger charge is -2.17. The molecular formula is C12H15O2S+. The van der Waals surface area contributed by atoms with Gasteiger partial charge in [-0.1, -0.05) is 24.3 Å². The quantitative estimate of drug-likeness (QED) is 0.613. The average molecular weight is 223 g/mol. The number of hydrogen-bond donors (Lipinski definition) is 1. The molecule has 2 nitrogen and oxygen atoms in total. The van der Waals surface area contributed by atoms with Crippen LogP contribution in [-0.4, -0.2) is 28.5 Å². The number of aryl methyl sites for hydroxylation is 1. The molecule has 80 valence electrons. The minimum Gasteiger partial charge on any atom is -0.391 e. The molecule has 1 unspecified atom stereocenters. The topological polar surface area (TPSA) is 37.3 Å². The average Bonchev–Trinajstić information content (AvgIpc) is 2.29. The Morgan fingerprint density at radius 3 is 3.00 bits per heavy atom. The van der Waals surface area contributed by atoms with Crippen LogP contribution in [0.2, 0.25) is 0 Å². The fraction of sp³-hybridized carbons (Fsp3) is 0.417. The van der Waals surface area contributed by atoms with Crippen LogP contribution in [0.25, 0.3) is 0 Å². The maximum atomic E-state index is 12.0. The number of carbonyl (C=O) groups excluding carboxylic acids is 1. The van der Waals surface area contributed by atoms with Crippen LogP contribution in [0.4, 0.5) is 0 Å². The SMILES string of the molecule is O=C1c2ccccc2CCC1[SH+]CCO. The van der Waals surface area contributed by atoms with Crippen LogP contribution in [0.1, 0.15) is 22.3 Å². The Labute approximate surface area is 93.7 Å². The van der Waals surface area contributed by atoms with Crippen molar-refractivity contribution in [2.75, 3.05) is 12.4 Å². The van der Waals surface area contributed by atoms with Gasteiger partial charge in [-0.25, -0.2) is 0 Å². The van der Waals surface area contributed by atoms with E-state index in [4.69, 9.17) is 5.11 Å². The first kappa shape index (κ1) is 10.7. The van der Waals surface area contributed by atoms with Crippen LogP contribution in [0.5, 0.6) is 0 Å². The van der Waals surface area contributed by atoms with E-state index >= 15 is 0 Å². The highest BCUT2D eigenvalue weighted by Gasteiger charge is 2.31. The van der Waals surface area contributed by atoms with E-state index in [-0.39, 0.29) is 17.6 Å². The molecule has 1 N–H and O–H groups in total. The summed E-state index contributed by atoms with van der Waals surface area (Å²) in [7, 11) is 0. The van der Waals surface area contributed by atoms with E-state index in [9.17, 15) is 4.79 Å². The predicted molar refractivity (Wildman–Crippen MR) is 63.6 cm³/mol. The van der Waals surface area contributed by atoms with Crippen molar-refractivity contribution in [1.82, 2.24) is 0 Å². The van der Waals surface area contributed by atoms with Gasteiger partial charge in [0.25, 0.3) is 0 Å². The first-order chi connectivity index (χ1) is 7.33. The molecule has 0 radical (unpaired) electrons. The van der Waals surface area contributed by atoms with E-state index < -0.39 is 0 Å². The van der Waals surface area contributed by atoms with Crippen LogP contribution in [-0.2, 0) is 18.2 Å². The van der Waals surface area contributed by atoms with Gasteiger partial charge in [0.15, 0.2) is 5.25 Å². The van der Waals surface area contributed by atoms with Gasteiger partial charge >= 0.3 is 0 Å². The van der Waals surface area contributed by atoms with Gasteiger partial charge in [0.05, 0.1) is 6.61 Å². The Hall–Kier alpha value is -0.800. The van der Waals surface area contributed by atoms with E-state index in [1.165, 1.54) is 5.56 Å². The molecule has 1 atom stereocenters. The minimum atomic E-state index is 0.104. The summed E-state index contributed by atoms with van der Waals surface area (Å²) in [6.07, 6.45) is 1.92. The summed E-state index contributed by atoms with van der Waals surface area (Å²) in [5, 5.41) is 8.86. The highest BCUT2D eigenvalue weighted by Crippen LogP contribution is 2.23. The van der Waals surface area contributed by atoms with Gasteiger partial charge in [-0.05, 0) is 23.7 Å². The molecule has 3 heteroatoms. The monoisotopic (exact) mass is 223 g/mol. The molecule has 0 amide bonds. The number of fused-ring (bicyclic) bond motifs is 1. The number of aliphatic hydroxyl groups is 1. The molecule has 2 rings (SSSR count). The summed E-state index contributed by atoms with van der Waals surface area (Å²) in [6, 6.07) is 7.85. The van der Waals surface area contributed by atoms with Crippen molar-refractivity contribution in [2.45, 2.75) is 18.1 Å². The van der Waals surface area contributed by atoms with Crippen molar-refractivity contribution >= 4 is 17.5 Å². The number of hydrogen-bond acceptors (Lipinski definition) is 2. The standard InChI is InChI=1S/C12H14O2S/c13-7-8-15-11-6-5-9-3-1-2-4-10(9)12(11)14/h1-4,11,13H,5-8H2/p+1. The molecule has 0 saturated carbocycles. The largest absolute Gasteiger partial charge is 0.391 e. The van der Waals surface area contributed by atoms with Crippen molar-refractivity contribution in [1.29, 1.82) is 0 Å². The maximum Gasteiger partial charge on any atom is 0.215 e. The molecule has 1 aromatic rings.